The fourth-order valence-electron chi connectivity index (χ4n) is 2.66. The van der Waals surface area contributed by atoms with Gasteiger partial charge in [0.15, 0.2) is 6.61 Å². The van der Waals surface area contributed by atoms with Gasteiger partial charge >= 0.3 is 0 Å². The van der Waals surface area contributed by atoms with E-state index in [4.69, 9.17) is 9.26 Å². The van der Waals surface area contributed by atoms with E-state index < -0.39 is 0 Å². The van der Waals surface area contributed by atoms with E-state index in [1.807, 2.05) is 30.3 Å². The largest absolute Gasteiger partial charge is 0.485 e. The SMILES string of the molecule is Cc1nc(COc2ccccc2C(=O)Nc2cnc3ccccc3c2)no1. The highest BCUT2D eigenvalue weighted by molar-refractivity contribution is 6.06. The zero-order valence-corrected chi connectivity index (χ0v) is 14.5. The number of anilines is 1. The Hall–Kier alpha value is -3.74. The molecule has 0 saturated heterocycles. The van der Waals surface area contributed by atoms with Crippen LogP contribution in [0.1, 0.15) is 22.1 Å². The molecule has 1 N–H and O–H groups in total. The van der Waals surface area contributed by atoms with Crippen molar-refractivity contribution in [2.24, 2.45) is 0 Å². The Kier molecular flexibility index (Phi) is 4.49. The van der Waals surface area contributed by atoms with Gasteiger partial charge in [0.25, 0.3) is 5.91 Å². The normalized spacial score (nSPS) is 10.7. The Morgan fingerprint density at radius 1 is 1.15 bits per heavy atom. The Morgan fingerprint density at radius 2 is 1.96 bits per heavy atom. The molecular weight excluding hydrogens is 344 g/mol. The number of aromatic nitrogens is 3. The average molecular weight is 360 g/mol. The molecule has 2 heterocycles. The number of rotatable bonds is 5. The van der Waals surface area contributed by atoms with Crippen molar-refractivity contribution in [1.29, 1.82) is 0 Å². The summed E-state index contributed by atoms with van der Waals surface area (Å²) >= 11 is 0. The quantitative estimate of drug-likeness (QED) is 0.583. The van der Waals surface area contributed by atoms with E-state index >= 15 is 0 Å². The highest BCUT2D eigenvalue weighted by Crippen LogP contribution is 2.22. The van der Waals surface area contributed by atoms with Crippen molar-refractivity contribution in [3.63, 3.8) is 0 Å². The number of hydrogen-bond acceptors (Lipinski definition) is 6. The Morgan fingerprint density at radius 3 is 2.81 bits per heavy atom. The van der Waals surface area contributed by atoms with Crippen LogP contribution in [0.2, 0.25) is 0 Å². The first kappa shape index (κ1) is 16.7. The van der Waals surface area contributed by atoms with E-state index in [2.05, 4.69) is 20.4 Å². The van der Waals surface area contributed by atoms with Gasteiger partial charge in [0.2, 0.25) is 11.7 Å². The number of carbonyl (C=O) groups is 1. The highest BCUT2D eigenvalue weighted by atomic mass is 16.5. The van der Waals surface area contributed by atoms with Gasteiger partial charge in [-0.2, -0.15) is 4.98 Å². The van der Waals surface area contributed by atoms with Crippen molar-refractivity contribution in [2.75, 3.05) is 5.32 Å². The lowest BCUT2D eigenvalue weighted by atomic mass is 10.1. The first-order valence-corrected chi connectivity index (χ1v) is 8.36. The van der Waals surface area contributed by atoms with Gasteiger partial charge in [0.1, 0.15) is 5.75 Å². The summed E-state index contributed by atoms with van der Waals surface area (Å²) in [7, 11) is 0. The van der Waals surface area contributed by atoms with E-state index in [-0.39, 0.29) is 12.5 Å². The molecule has 0 bridgehead atoms. The number of carbonyl (C=O) groups excluding carboxylic acids is 1. The van der Waals surface area contributed by atoms with Gasteiger partial charge in [-0.25, -0.2) is 0 Å². The number of hydrogen-bond donors (Lipinski definition) is 1. The van der Waals surface area contributed by atoms with Crippen LogP contribution in [0, 0.1) is 6.92 Å². The molecule has 7 nitrogen and oxygen atoms in total. The molecule has 1 amide bonds. The lowest BCUT2D eigenvalue weighted by Gasteiger charge is -2.11. The van der Waals surface area contributed by atoms with Gasteiger partial charge in [0.05, 0.1) is 23.0 Å². The molecule has 0 saturated carbocycles. The second-order valence-electron chi connectivity index (χ2n) is 5.89. The highest BCUT2D eigenvalue weighted by Gasteiger charge is 2.14. The minimum Gasteiger partial charge on any atom is -0.485 e. The fraction of sp³-hybridized carbons (Fsp3) is 0.100. The maximum Gasteiger partial charge on any atom is 0.259 e. The smallest absolute Gasteiger partial charge is 0.259 e. The minimum atomic E-state index is -0.285. The average Bonchev–Trinajstić information content (AvgIpc) is 3.11. The summed E-state index contributed by atoms with van der Waals surface area (Å²) in [5.41, 5.74) is 1.89. The Balaban J connectivity index is 1.52. The second kappa shape index (κ2) is 7.25. The van der Waals surface area contributed by atoms with E-state index in [0.717, 1.165) is 10.9 Å². The van der Waals surface area contributed by atoms with E-state index in [1.165, 1.54) is 0 Å². The first-order valence-electron chi connectivity index (χ1n) is 8.36. The number of para-hydroxylation sites is 2. The third-order valence-electron chi connectivity index (χ3n) is 3.91. The number of nitrogens with one attached hydrogen (secondary N) is 1. The van der Waals surface area contributed by atoms with Crippen molar-refractivity contribution in [3.05, 3.63) is 78.1 Å². The molecule has 0 aliphatic carbocycles. The molecule has 0 atom stereocenters. The summed E-state index contributed by atoms with van der Waals surface area (Å²) in [6.07, 6.45) is 1.63. The van der Waals surface area contributed by atoms with Crippen LogP contribution >= 0.6 is 0 Å². The van der Waals surface area contributed by atoms with Crippen LogP contribution in [-0.4, -0.2) is 21.0 Å². The molecular formula is C20H16N4O3. The maximum absolute atomic E-state index is 12.7. The van der Waals surface area contributed by atoms with Gasteiger partial charge < -0.3 is 14.6 Å². The zero-order chi connectivity index (χ0) is 18.6. The van der Waals surface area contributed by atoms with Gasteiger partial charge in [-0.1, -0.05) is 35.5 Å². The summed E-state index contributed by atoms with van der Waals surface area (Å²) in [6, 6.07) is 16.6. The van der Waals surface area contributed by atoms with Crippen molar-refractivity contribution >= 4 is 22.5 Å². The van der Waals surface area contributed by atoms with Crippen LogP contribution < -0.4 is 10.1 Å². The van der Waals surface area contributed by atoms with Crippen LogP contribution in [-0.2, 0) is 6.61 Å². The molecule has 2 aromatic heterocycles. The molecule has 0 spiro atoms. The predicted molar refractivity (Wildman–Crippen MR) is 99.5 cm³/mol. The fourth-order valence-corrected chi connectivity index (χ4v) is 2.66. The van der Waals surface area contributed by atoms with Crippen LogP contribution in [0.5, 0.6) is 5.75 Å². The molecule has 0 radical (unpaired) electrons. The molecule has 0 aliphatic rings. The molecule has 0 unspecified atom stereocenters. The van der Waals surface area contributed by atoms with Crippen molar-refractivity contribution in [2.45, 2.75) is 13.5 Å². The third kappa shape index (κ3) is 3.77. The van der Waals surface area contributed by atoms with Crippen LogP contribution in [0.3, 0.4) is 0 Å². The summed E-state index contributed by atoms with van der Waals surface area (Å²) in [6.45, 7) is 1.81. The van der Waals surface area contributed by atoms with E-state index in [9.17, 15) is 4.79 Å². The van der Waals surface area contributed by atoms with Crippen LogP contribution in [0.15, 0.2) is 65.3 Å². The summed E-state index contributed by atoms with van der Waals surface area (Å²) in [4.78, 5) is 21.2. The number of nitrogens with zero attached hydrogens (tertiary/aromatic N) is 3. The van der Waals surface area contributed by atoms with E-state index in [0.29, 0.717) is 28.7 Å². The molecule has 4 aromatic rings. The molecule has 134 valence electrons. The molecule has 0 aliphatic heterocycles. The van der Waals surface area contributed by atoms with Gasteiger partial charge in [-0.05, 0) is 24.3 Å². The zero-order valence-electron chi connectivity index (χ0n) is 14.5. The Bertz CT molecular complexity index is 1110. The molecule has 2 aromatic carbocycles. The number of aryl methyl sites for hydroxylation is 1. The summed E-state index contributed by atoms with van der Waals surface area (Å²) < 4.78 is 10.6. The number of benzene rings is 2. The summed E-state index contributed by atoms with van der Waals surface area (Å²) in [5, 5.41) is 7.60. The van der Waals surface area contributed by atoms with Gasteiger partial charge in [0, 0.05) is 12.3 Å². The standard InChI is InChI=1S/C20H16N4O3/c1-13-22-19(24-27-13)12-26-18-9-5-3-7-16(18)20(25)23-15-10-14-6-2-4-8-17(14)21-11-15/h2-11H,12H2,1H3,(H,23,25). The topological polar surface area (TPSA) is 90.1 Å². The van der Waals surface area contributed by atoms with E-state index in [1.54, 1.807) is 37.4 Å². The van der Waals surface area contributed by atoms with Crippen molar-refractivity contribution < 1.29 is 14.1 Å². The first-order chi connectivity index (χ1) is 13.2. The van der Waals surface area contributed by atoms with Crippen LogP contribution in [0.25, 0.3) is 10.9 Å². The number of ether oxygens (including phenoxy) is 1. The molecule has 4 rings (SSSR count). The predicted octanol–water partition coefficient (Wildman–Crippen LogP) is 3.76. The Labute approximate surface area is 155 Å². The molecule has 27 heavy (non-hydrogen) atoms. The number of pyridine rings is 1. The molecule has 0 fully saturated rings. The van der Waals surface area contributed by atoms with Crippen LogP contribution in [0.4, 0.5) is 5.69 Å². The second-order valence-corrected chi connectivity index (χ2v) is 5.89. The monoisotopic (exact) mass is 360 g/mol. The van der Waals surface area contributed by atoms with Crippen molar-refractivity contribution in [1.82, 2.24) is 15.1 Å². The minimum absolute atomic E-state index is 0.110. The third-order valence-corrected chi connectivity index (χ3v) is 3.91. The summed E-state index contributed by atoms with van der Waals surface area (Å²) in [5.74, 6) is 1.03. The lowest BCUT2D eigenvalue weighted by molar-refractivity contribution is 0.102. The van der Waals surface area contributed by atoms with Gasteiger partial charge in [-0.15, -0.1) is 0 Å². The molecule has 7 heteroatoms. The maximum atomic E-state index is 12.7. The van der Waals surface area contributed by atoms with Gasteiger partial charge in [-0.3, -0.25) is 9.78 Å². The number of fused-ring (bicyclic) bond motifs is 1. The lowest BCUT2D eigenvalue weighted by Crippen LogP contribution is -2.14. The van der Waals surface area contributed by atoms with Crippen molar-refractivity contribution in [3.8, 4) is 5.75 Å². The number of amides is 1.